The highest BCUT2D eigenvalue weighted by Crippen LogP contribution is 2.30. The first-order valence-corrected chi connectivity index (χ1v) is 9.97. The minimum absolute atomic E-state index is 0.0137. The van der Waals surface area contributed by atoms with Crippen LogP contribution in [0.1, 0.15) is 19.4 Å². The number of hydrogen-bond acceptors (Lipinski definition) is 4. The van der Waals surface area contributed by atoms with Crippen molar-refractivity contribution >= 4 is 40.7 Å². The zero-order valence-corrected chi connectivity index (χ0v) is 18.1. The molecule has 0 aliphatic heterocycles. The van der Waals surface area contributed by atoms with E-state index in [1.807, 2.05) is 13.8 Å². The van der Waals surface area contributed by atoms with Crippen molar-refractivity contribution in [2.24, 2.45) is 0 Å². The Kier molecular flexibility index (Phi) is 8.61. The van der Waals surface area contributed by atoms with E-state index in [0.29, 0.717) is 46.0 Å². The zero-order chi connectivity index (χ0) is 21.4. The molecule has 2 aromatic rings. The summed E-state index contributed by atoms with van der Waals surface area (Å²) in [5.74, 6) is 0.552. The number of carbonyl (C=O) groups is 2. The van der Waals surface area contributed by atoms with Gasteiger partial charge in [0, 0.05) is 28.8 Å². The zero-order valence-electron chi connectivity index (χ0n) is 16.6. The van der Waals surface area contributed by atoms with E-state index >= 15 is 0 Å². The smallest absolute Gasteiger partial charge is 0.243 e. The van der Waals surface area contributed by atoms with Crippen molar-refractivity contribution in [2.45, 2.75) is 20.3 Å². The molecule has 8 heteroatoms. The summed E-state index contributed by atoms with van der Waals surface area (Å²) in [6.45, 7) is 4.62. The Bertz CT molecular complexity index is 854. The molecule has 0 saturated carbocycles. The van der Waals surface area contributed by atoms with E-state index in [-0.39, 0.29) is 24.8 Å². The van der Waals surface area contributed by atoms with Gasteiger partial charge in [0.15, 0.2) is 11.5 Å². The third-order valence-corrected chi connectivity index (χ3v) is 4.73. The average molecular weight is 439 g/mol. The molecular weight excluding hydrogens is 415 g/mol. The molecule has 156 valence electrons. The first-order valence-electron chi connectivity index (χ1n) is 9.22. The monoisotopic (exact) mass is 438 g/mol. The van der Waals surface area contributed by atoms with Crippen LogP contribution in [0.3, 0.4) is 0 Å². The van der Waals surface area contributed by atoms with Gasteiger partial charge in [-0.25, -0.2) is 0 Å². The van der Waals surface area contributed by atoms with Crippen LogP contribution in [0.2, 0.25) is 10.0 Å². The van der Waals surface area contributed by atoms with Gasteiger partial charge in [0.05, 0.1) is 26.2 Å². The van der Waals surface area contributed by atoms with Gasteiger partial charge in [0.2, 0.25) is 11.8 Å². The summed E-state index contributed by atoms with van der Waals surface area (Å²) < 4.78 is 11.1. The number of likely N-dealkylation sites (N-methyl/N-ethyl adjacent to an activating group) is 1. The Morgan fingerprint density at radius 3 is 2.24 bits per heavy atom. The van der Waals surface area contributed by atoms with Crippen LogP contribution in [0.25, 0.3) is 0 Å². The largest absolute Gasteiger partial charge is 0.490 e. The van der Waals surface area contributed by atoms with Crippen LogP contribution < -0.4 is 14.8 Å². The molecule has 29 heavy (non-hydrogen) atoms. The molecule has 1 N–H and O–H groups in total. The molecule has 6 nitrogen and oxygen atoms in total. The predicted molar refractivity (Wildman–Crippen MR) is 115 cm³/mol. The summed E-state index contributed by atoms with van der Waals surface area (Å²) in [5, 5.41) is 3.60. The van der Waals surface area contributed by atoms with Crippen molar-refractivity contribution in [3.63, 3.8) is 0 Å². The number of rotatable bonds is 9. The SMILES string of the molecule is CCOc1ccc(NC(=O)CN(C)C(=O)Cc2c(Cl)cccc2Cl)cc1OCC. The Morgan fingerprint density at radius 2 is 1.62 bits per heavy atom. The number of carbonyl (C=O) groups excluding carboxylic acids is 2. The Labute approximate surface area is 180 Å². The van der Waals surface area contributed by atoms with Gasteiger partial charge in [0.25, 0.3) is 0 Å². The number of nitrogens with one attached hydrogen (secondary N) is 1. The van der Waals surface area contributed by atoms with Gasteiger partial charge in [-0.2, -0.15) is 0 Å². The third kappa shape index (κ3) is 6.54. The Hall–Kier alpha value is -2.44. The van der Waals surface area contributed by atoms with Gasteiger partial charge < -0.3 is 19.7 Å². The van der Waals surface area contributed by atoms with Crippen LogP contribution in [0.4, 0.5) is 5.69 Å². The maximum atomic E-state index is 12.5. The number of hydrogen-bond donors (Lipinski definition) is 1. The maximum absolute atomic E-state index is 12.5. The molecule has 0 aromatic heterocycles. The number of halogens is 2. The van der Waals surface area contributed by atoms with Crippen LogP contribution in [0.5, 0.6) is 11.5 Å². The molecule has 0 aliphatic rings. The summed E-state index contributed by atoms with van der Waals surface area (Å²) in [5.41, 5.74) is 1.10. The van der Waals surface area contributed by atoms with Crippen molar-refractivity contribution in [3.8, 4) is 11.5 Å². The van der Waals surface area contributed by atoms with Gasteiger partial charge in [-0.15, -0.1) is 0 Å². The van der Waals surface area contributed by atoms with Crippen LogP contribution in [0, 0.1) is 0 Å². The van der Waals surface area contributed by atoms with Gasteiger partial charge in [-0.1, -0.05) is 29.3 Å². The van der Waals surface area contributed by atoms with Crippen molar-refractivity contribution in [1.29, 1.82) is 0 Å². The lowest BCUT2D eigenvalue weighted by Crippen LogP contribution is -2.35. The molecule has 2 amide bonds. The van der Waals surface area contributed by atoms with Crippen molar-refractivity contribution in [2.75, 3.05) is 32.1 Å². The molecule has 2 aromatic carbocycles. The van der Waals surface area contributed by atoms with Crippen LogP contribution in [-0.2, 0) is 16.0 Å². The normalized spacial score (nSPS) is 10.4. The van der Waals surface area contributed by atoms with Crippen LogP contribution in [-0.4, -0.2) is 43.5 Å². The van der Waals surface area contributed by atoms with Crippen LogP contribution in [0.15, 0.2) is 36.4 Å². The summed E-state index contributed by atoms with van der Waals surface area (Å²) in [4.78, 5) is 26.1. The summed E-state index contributed by atoms with van der Waals surface area (Å²) >= 11 is 12.2. The first-order chi connectivity index (χ1) is 13.8. The number of amides is 2. The fraction of sp³-hybridized carbons (Fsp3) is 0.333. The van der Waals surface area contributed by atoms with E-state index in [2.05, 4.69) is 5.32 Å². The predicted octanol–water partition coefficient (Wildman–Crippen LogP) is 4.43. The van der Waals surface area contributed by atoms with E-state index in [1.54, 1.807) is 43.4 Å². The van der Waals surface area contributed by atoms with E-state index in [0.717, 1.165) is 0 Å². The average Bonchev–Trinajstić information content (AvgIpc) is 2.67. The van der Waals surface area contributed by atoms with E-state index in [1.165, 1.54) is 4.90 Å². The number of benzene rings is 2. The van der Waals surface area contributed by atoms with Crippen molar-refractivity contribution < 1.29 is 19.1 Å². The van der Waals surface area contributed by atoms with E-state index in [4.69, 9.17) is 32.7 Å². The molecule has 0 unspecified atom stereocenters. The molecule has 0 atom stereocenters. The topological polar surface area (TPSA) is 67.9 Å². The molecule has 0 radical (unpaired) electrons. The van der Waals surface area contributed by atoms with Gasteiger partial charge in [-0.05, 0) is 43.7 Å². The lowest BCUT2D eigenvalue weighted by Gasteiger charge is -2.18. The molecular formula is C21H24Cl2N2O4. The molecule has 2 rings (SSSR count). The second-order valence-corrected chi connectivity index (χ2v) is 7.02. The fourth-order valence-electron chi connectivity index (χ4n) is 2.62. The lowest BCUT2D eigenvalue weighted by molar-refractivity contribution is -0.132. The Balaban J connectivity index is 1.99. The number of nitrogens with zero attached hydrogens (tertiary/aromatic N) is 1. The molecule has 0 spiro atoms. The standard InChI is InChI=1S/C21H24Cl2N2O4/c1-4-28-18-10-9-14(11-19(18)29-5-2)24-20(26)13-25(3)21(27)12-15-16(22)7-6-8-17(15)23/h6-11H,4-5,12-13H2,1-3H3,(H,24,26). The molecule has 0 fully saturated rings. The second kappa shape index (κ2) is 10.9. The highest BCUT2D eigenvalue weighted by molar-refractivity contribution is 6.36. The highest BCUT2D eigenvalue weighted by Gasteiger charge is 2.17. The van der Waals surface area contributed by atoms with Crippen molar-refractivity contribution in [1.82, 2.24) is 4.90 Å². The molecule has 0 bridgehead atoms. The summed E-state index contributed by atoms with van der Waals surface area (Å²) in [7, 11) is 1.55. The second-order valence-electron chi connectivity index (χ2n) is 6.20. The van der Waals surface area contributed by atoms with Crippen LogP contribution >= 0.6 is 23.2 Å². The van der Waals surface area contributed by atoms with Gasteiger partial charge in [-0.3, -0.25) is 9.59 Å². The molecule has 0 heterocycles. The lowest BCUT2D eigenvalue weighted by atomic mass is 10.1. The summed E-state index contributed by atoms with van der Waals surface area (Å²) in [6.07, 6.45) is 0.0137. The van der Waals surface area contributed by atoms with E-state index < -0.39 is 0 Å². The minimum atomic E-state index is -0.335. The highest BCUT2D eigenvalue weighted by atomic mass is 35.5. The molecule has 0 saturated heterocycles. The van der Waals surface area contributed by atoms with E-state index in [9.17, 15) is 9.59 Å². The first kappa shape index (κ1) is 22.8. The quantitative estimate of drug-likeness (QED) is 0.628. The Morgan fingerprint density at radius 1 is 1.00 bits per heavy atom. The van der Waals surface area contributed by atoms with Gasteiger partial charge in [0.1, 0.15) is 0 Å². The third-order valence-electron chi connectivity index (χ3n) is 4.02. The minimum Gasteiger partial charge on any atom is -0.490 e. The van der Waals surface area contributed by atoms with Crippen molar-refractivity contribution in [3.05, 3.63) is 52.0 Å². The molecule has 0 aliphatic carbocycles. The number of anilines is 1. The maximum Gasteiger partial charge on any atom is 0.243 e. The summed E-state index contributed by atoms with van der Waals surface area (Å²) in [6, 6.07) is 10.2. The number of ether oxygens (including phenoxy) is 2. The van der Waals surface area contributed by atoms with Gasteiger partial charge >= 0.3 is 0 Å². The fourth-order valence-corrected chi connectivity index (χ4v) is 3.15.